The first-order chi connectivity index (χ1) is 23.0. The van der Waals surface area contributed by atoms with Gasteiger partial charge >= 0.3 is 5.97 Å². The van der Waals surface area contributed by atoms with Gasteiger partial charge < -0.3 is 64.6 Å². The summed E-state index contributed by atoms with van der Waals surface area (Å²) in [6.07, 6.45) is -8.74. The zero-order valence-electron chi connectivity index (χ0n) is 32.3. The van der Waals surface area contributed by atoms with Crippen LogP contribution >= 0.6 is 0 Å². The van der Waals surface area contributed by atoms with Crippen molar-refractivity contribution in [1.82, 2.24) is 4.90 Å². The second-order valence-electron chi connectivity index (χ2n) is 16.3. The quantitative estimate of drug-likeness (QED) is 0.214. The van der Waals surface area contributed by atoms with Crippen molar-refractivity contribution in [2.24, 2.45) is 23.5 Å². The maximum absolute atomic E-state index is 14.1. The molecule has 0 radical (unpaired) electrons. The molecule has 7 N–H and O–H groups in total. The van der Waals surface area contributed by atoms with E-state index in [-0.39, 0.29) is 31.3 Å². The highest BCUT2D eigenvalue weighted by Gasteiger charge is 2.52. The summed E-state index contributed by atoms with van der Waals surface area (Å²) in [6.45, 7) is 17.8. The van der Waals surface area contributed by atoms with Gasteiger partial charge in [-0.15, -0.1) is 0 Å². The zero-order valence-corrected chi connectivity index (χ0v) is 32.3. The largest absolute Gasteiger partial charge is 0.459 e. The van der Waals surface area contributed by atoms with Crippen LogP contribution in [0.4, 0.5) is 0 Å². The molecule has 3 saturated heterocycles. The molecule has 3 rings (SSSR count). The first-order valence-electron chi connectivity index (χ1n) is 18.3. The van der Waals surface area contributed by atoms with E-state index in [2.05, 4.69) is 0 Å². The number of ether oxygens (including phenoxy) is 6. The van der Waals surface area contributed by atoms with Crippen LogP contribution in [-0.2, 0) is 33.2 Å². The van der Waals surface area contributed by atoms with Gasteiger partial charge in [-0.2, -0.15) is 0 Å². The third kappa shape index (κ3) is 9.55. The topological polar surface area (TPSA) is 203 Å². The van der Waals surface area contributed by atoms with Crippen molar-refractivity contribution in [1.29, 1.82) is 0 Å². The maximum Gasteiger partial charge on any atom is 0.311 e. The summed E-state index contributed by atoms with van der Waals surface area (Å²) < 4.78 is 37.0. The number of carbonyl (C=O) groups excluding carboxylic acids is 1. The summed E-state index contributed by atoms with van der Waals surface area (Å²) in [7, 11) is 3.32. The Morgan fingerprint density at radius 2 is 1.58 bits per heavy atom. The number of aliphatic hydroxyl groups is 5. The van der Waals surface area contributed by atoms with E-state index in [0.29, 0.717) is 13.0 Å². The Morgan fingerprint density at radius 3 is 2.16 bits per heavy atom. The van der Waals surface area contributed by atoms with Crippen LogP contribution in [0.15, 0.2) is 0 Å². The third-order valence-corrected chi connectivity index (χ3v) is 11.6. The number of nitrogens with two attached hydrogens (primary N) is 1. The normalized spacial score (nSPS) is 51.0. The Bertz CT molecular complexity index is 1100. The summed E-state index contributed by atoms with van der Waals surface area (Å²) in [4.78, 5) is 16.0. The van der Waals surface area contributed by atoms with E-state index in [1.165, 1.54) is 14.0 Å². The van der Waals surface area contributed by atoms with E-state index >= 15 is 0 Å². The lowest BCUT2D eigenvalue weighted by Crippen LogP contribution is -2.60. The molecule has 0 saturated carbocycles. The molecule has 0 bridgehead atoms. The number of hydrogen-bond donors (Lipinski definition) is 6. The molecule has 3 fully saturated rings. The van der Waals surface area contributed by atoms with Crippen molar-refractivity contribution in [3.63, 3.8) is 0 Å². The summed E-state index contributed by atoms with van der Waals surface area (Å²) in [5.41, 5.74) is 1.86. The highest BCUT2D eigenvalue weighted by Crippen LogP contribution is 2.40. The van der Waals surface area contributed by atoms with Gasteiger partial charge in [-0.05, 0) is 80.7 Å². The number of methoxy groups -OCH3 is 1. The molecule has 0 aromatic carbocycles. The Morgan fingerprint density at radius 1 is 0.960 bits per heavy atom. The summed E-state index contributed by atoms with van der Waals surface area (Å²) >= 11 is 0. The lowest BCUT2D eigenvalue weighted by Gasteiger charge is -2.48. The Labute approximate surface area is 298 Å². The van der Waals surface area contributed by atoms with Crippen LogP contribution in [0.3, 0.4) is 0 Å². The van der Waals surface area contributed by atoms with Crippen LogP contribution in [0.2, 0.25) is 0 Å². The molecule has 0 aromatic heterocycles. The SMILES string of the molecule is CC[C@H]1OC(=O)[C@H](C)[C@@H](O[C@H]2C[C@@](C)(OC)[C@@H](O)[C@H](C)O2)[C@H](C)[C@@H](O[C@@H]2O[C@H](C)C[C@H](N)[C@H]2O)[C@](C)(O)C[C@@H](C)CN(C)[C@H](C)[C@@H](O)[C@]1(C)O. The molecule has 50 heavy (non-hydrogen) atoms. The van der Waals surface area contributed by atoms with Gasteiger partial charge in [-0.3, -0.25) is 4.79 Å². The molecular weight excluding hydrogens is 652 g/mol. The lowest BCUT2D eigenvalue weighted by atomic mass is 9.77. The minimum Gasteiger partial charge on any atom is -0.459 e. The Kier molecular flexibility index (Phi) is 14.7. The highest BCUT2D eigenvalue weighted by atomic mass is 16.7. The van der Waals surface area contributed by atoms with Crippen LogP contribution < -0.4 is 5.73 Å². The van der Waals surface area contributed by atoms with Crippen LogP contribution in [0.5, 0.6) is 0 Å². The summed E-state index contributed by atoms with van der Waals surface area (Å²) in [5, 5.41) is 57.4. The van der Waals surface area contributed by atoms with E-state index in [1.54, 1.807) is 48.5 Å². The molecule has 14 nitrogen and oxygen atoms in total. The molecule has 0 amide bonds. The van der Waals surface area contributed by atoms with Gasteiger partial charge in [-0.1, -0.05) is 20.8 Å². The standard InChI is InChI=1S/C36H68N2O12/c1-13-25-36(10,44)29(40)22(6)38(11)17-18(2)15-34(8,43)31(50-33-27(39)24(37)14-19(3)46-33)20(4)28(21(5)32(42)48-25)49-26-16-35(9,45-12)30(41)23(7)47-26/h18-31,33,39-41,43-44H,13-17,37H2,1-12H3/t18-,19-,20+,21-,22-,23+,24+,25-,26+,27-,28+,29-,30+,31-,33+,34-,35-,36-/m1/s1. The minimum atomic E-state index is -1.80. The second-order valence-corrected chi connectivity index (χ2v) is 16.3. The first-order valence-corrected chi connectivity index (χ1v) is 18.3. The number of carbonyl (C=O) groups is 1. The molecule has 0 aromatic rings. The lowest BCUT2D eigenvalue weighted by molar-refractivity contribution is -0.315. The average molecular weight is 721 g/mol. The third-order valence-electron chi connectivity index (χ3n) is 11.6. The van der Waals surface area contributed by atoms with E-state index in [4.69, 9.17) is 34.2 Å². The smallest absolute Gasteiger partial charge is 0.311 e. The Balaban J connectivity index is 2.16. The van der Waals surface area contributed by atoms with Crippen LogP contribution in [0, 0.1) is 17.8 Å². The maximum atomic E-state index is 14.1. The number of cyclic esters (lactones) is 1. The van der Waals surface area contributed by atoms with Crippen LogP contribution in [0.1, 0.15) is 94.9 Å². The fourth-order valence-corrected chi connectivity index (χ4v) is 8.28. The predicted octanol–water partition coefficient (Wildman–Crippen LogP) is 1.30. The fourth-order valence-electron chi connectivity index (χ4n) is 8.28. The van der Waals surface area contributed by atoms with Gasteiger partial charge in [-0.25, -0.2) is 0 Å². The number of nitrogens with zero attached hydrogens (tertiary/aromatic N) is 1. The monoisotopic (exact) mass is 720 g/mol. The fraction of sp³-hybridized carbons (Fsp3) is 0.972. The van der Waals surface area contributed by atoms with Crippen molar-refractivity contribution >= 4 is 5.97 Å². The van der Waals surface area contributed by atoms with Gasteiger partial charge in [0, 0.05) is 38.1 Å². The van der Waals surface area contributed by atoms with E-state index in [9.17, 15) is 30.3 Å². The molecule has 18 atom stereocenters. The molecule has 14 heteroatoms. The molecule has 0 aliphatic carbocycles. The number of aliphatic hydroxyl groups excluding tert-OH is 3. The van der Waals surface area contributed by atoms with Gasteiger partial charge in [0.1, 0.15) is 30.0 Å². The Hall–Kier alpha value is -1.01. The van der Waals surface area contributed by atoms with Crippen LogP contribution in [0.25, 0.3) is 0 Å². The zero-order chi connectivity index (χ0) is 38.1. The average Bonchev–Trinajstić information content (AvgIpc) is 3.03. The van der Waals surface area contributed by atoms with Crippen molar-refractivity contribution < 1.29 is 58.7 Å². The number of rotatable bonds is 6. The molecule has 3 aliphatic rings. The molecule has 0 unspecified atom stereocenters. The molecule has 3 aliphatic heterocycles. The second kappa shape index (κ2) is 17.0. The number of hydrogen-bond acceptors (Lipinski definition) is 14. The van der Waals surface area contributed by atoms with E-state index < -0.39 is 102 Å². The molecular formula is C36H68N2O12. The van der Waals surface area contributed by atoms with Crippen molar-refractivity contribution in [2.45, 2.75) is 185 Å². The van der Waals surface area contributed by atoms with Gasteiger partial charge in [0.15, 0.2) is 12.6 Å². The molecule has 0 spiro atoms. The number of likely N-dealkylation sites (N-methyl/N-ethyl adjacent to an activating group) is 1. The van der Waals surface area contributed by atoms with Gasteiger partial charge in [0.25, 0.3) is 0 Å². The van der Waals surface area contributed by atoms with Gasteiger partial charge in [0.2, 0.25) is 0 Å². The van der Waals surface area contributed by atoms with E-state index in [0.717, 1.165) is 0 Å². The molecule has 294 valence electrons. The minimum absolute atomic E-state index is 0.123. The van der Waals surface area contributed by atoms with Gasteiger partial charge in [0.05, 0.1) is 41.5 Å². The number of esters is 1. The van der Waals surface area contributed by atoms with Crippen molar-refractivity contribution in [3.8, 4) is 0 Å². The summed E-state index contributed by atoms with van der Waals surface area (Å²) in [5.74, 6) is -2.64. The summed E-state index contributed by atoms with van der Waals surface area (Å²) in [6, 6.07) is -1.17. The first kappa shape index (κ1) is 43.4. The predicted molar refractivity (Wildman–Crippen MR) is 185 cm³/mol. The molecule has 3 heterocycles. The highest BCUT2D eigenvalue weighted by molar-refractivity contribution is 5.73. The van der Waals surface area contributed by atoms with E-state index in [1.807, 2.05) is 25.8 Å². The van der Waals surface area contributed by atoms with Crippen molar-refractivity contribution in [3.05, 3.63) is 0 Å². The van der Waals surface area contributed by atoms with Crippen LogP contribution in [-0.4, -0.2) is 147 Å². The van der Waals surface area contributed by atoms with Crippen molar-refractivity contribution in [2.75, 3.05) is 20.7 Å².